The van der Waals surface area contributed by atoms with E-state index in [0.717, 1.165) is 12.0 Å². The minimum absolute atomic E-state index is 0.868. The fourth-order valence-electron chi connectivity index (χ4n) is 4.33. The van der Waals surface area contributed by atoms with Crippen molar-refractivity contribution in [1.29, 1.82) is 0 Å². The molecule has 4 nitrogen and oxygen atoms in total. The Morgan fingerprint density at radius 3 is 2.14 bits per heavy atom. The lowest BCUT2D eigenvalue weighted by atomic mass is 9.98. The first-order chi connectivity index (χ1) is 10.2. The molecular formula is C17H34N4. The predicted octanol–water partition coefficient (Wildman–Crippen LogP) is 1.04. The molecule has 3 fully saturated rings. The van der Waals surface area contributed by atoms with Crippen molar-refractivity contribution in [2.45, 2.75) is 32.2 Å². The molecule has 0 bridgehead atoms. The lowest BCUT2D eigenvalue weighted by Crippen LogP contribution is -2.56. The highest BCUT2D eigenvalue weighted by Gasteiger charge is 2.30. The van der Waals surface area contributed by atoms with Crippen molar-refractivity contribution in [3.63, 3.8) is 0 Å². The Labute approximate surface area is 131 Å². The number of piperidine rings is 1. The molecule has 4 heteroatoms. The molecule has 0 amide bonds. The van der Waals surface area contributed by atoms with Crippen molar-refractivity contribution in [3.8, 4) is 0 Å². The van der Waals surface area contributed by atoms with E-state index in [1.165, 1.54) is 84.7 Å². The van der Waals surface area contributed by atoms with Gasteiger partial charge in [-0.25, -0.2) is 0 Å². The van der Waals surface area contributed by atoms with E-state index in [2.05, 4.69) is 33.6 Å². The van der Waals surface area contributed by atoms with Gasteiger partial charge in [-0.15, -0.1) is 0 Å². The van der Waals surface area contributed by atoms with Gasteiger partial charge in [0, 0.05) is 51.9 Å². The molecule has 21 heavy (non-hydrogen) atoms. The maximum absolute atomic E-state index is 2.77. The number of likely N-dealkylation sites (tertiary alicyclic amines) is 2. The van der Waals surface area contributed by atoms with Crippen LogP contribution in [0.2, 0.25) is 0 Å². The van der Waals surface area contributed by atoms with Crippen LogP contribution in [0.15, 0.2) is 0 Å². The Morgan fingerprint density at radius 1 is 0.857 bits per heavy atom. The van der Waals surface area contributed by atoms with Gasteiger partial charge in [0.2, 0.25) is 0 Å². The van der Waals surface area contributed by atoms with Gasteiger partial charge in [-0.3, -0.25) is 4.90 Å². The summed E-state index contributed by atoms with van der Waals surface area (Å²) in [5.41, 5.74) is 0. The fraction of sp³-hybridized carbons (Fsp3) is 1.00. The third-order valence-corrected chi connectivity index (χ3v) is 5.70. The molecule has 0 unspecified atom stereocenters. The molecule has 3 aliphatic heterocycles. The lowest BCUT2D eigenvalue weighted by molar-refractivity contribution is 0.0280. The van der Waals surface area contributed by atoms with Crippen LogP contribution >= 0.6 is 0 Å². The average molecular weight is 294 g/mol. The van der Waals surface area contributed by atoms with E-state index in [1.807, 2.05) is 0 Å². The topological polar surface area (TPSA) is 13.0 Å². The predicted molar refractivity (Wildman–Crippen MR) is 88.8 cm³/mol. The summed E-state index contributed by atoms with van der Waals surface area (Å²) in [6.45, 7) is 15.4. The minimum Gasteiger partial charge on any atom is -0.306 e. The van der Waals surface area contributed by atoms with Gasteiger partial charge < -0.3 is 14.7 Å². The van der Waals surface area contributed by atoms with Crippen molar-refractivity contribution < 1.29 is 0 Å². The first-order valence-corrected chi connectivity index (χ1v) is 9.12. The third-order valence-electron chi connectivity index (χ3n) is 5.70. The molecule has 0 atom stereocenters. The molecule has 3 saturated heterocycles. The van der Waals surface area contributed by atoms with E-state index in [4.69, 9.17) is 0 Å². The van der Waals surface area contributed by atoms with Crippen LogP contribution in [-0.4, -0.2) is 98.1 Å². The third kappa shape index (κ3) is 4.19. The molecule has 0 aromatic heterocycles. The number of hydrogen-bond donors (Lipinski definition) is 0. The molecule has 0 N–H and O–H groups in total. The van der Waals surface area contributed by atoms with Crippen LogP contribution in [0, 0.1) is 5.92 Å². The van der Waals surface area contributed by atoms with Crippen molar-refractivity contribution in [2.75, 3.05) is 72.5 Å². The zero-order chi connectivity index (χ0) is 14.7. The highest BCUT2D eigenvalue weighted by Crippen LogP contribution is 2.20. The monoisotopic (exact) mass is 294 g/mol. The van der Waals surface area contributed by atoms with Gasteiger partial charge >= 0.3 is 0 Å². The number of piperazine rings is 1. The second kappa shape index (κ2) is 7.40. The number of rotatable bonds is 5. The second-order valence-electron chi connectivity index (χ2n) is 7.50. The molecule has 0 saturated carbocycles. The summed E-state index contributed by atoms with van der Waals surface area (Å²) in [7, 11) is 2.26. The molecular weight excluding hydrogens is 260 g/mol. The van der Waals surface area contributed by atoms with Crippen molar-refractivity contribution >= 4 is 0 Å². The fourth-order valence-corrected chi connectivity index (χ4v) is 4.33. The summed E-state index contributed by atoms with van der Waals surface area (Å²) in [6, 6.07) is 0.868. The van der Waals surface area contributed by atoms with E-state index in [-0.39, 0.29) is 0 Å². The standard InChI is InChI=1S/C17H34N4/c1-3-6-20-14-16(15-20)13-19-9-11-21(12-10-19)17-4-7-18(2)8-5-17/h16-17H,3-15H2,1-2H3. The molecule has 0 aliphatic carbocycles. The first-order valence-electron chi connectivity index (χ1n) is 9.12. The van der Waals surface area contributed by atoms with Gasteiger partial charge in [0.25, 0.3) is 0 Å². The van der Waals surface area contributed by atoms with Crippen molar-refractivity contribution in [2.24, 2.45) is 5.92 Å². The first kappa shape index (κ1) is 15.7. The number of nitrogens with zero attached hydrogens (tertiary/aromatic N) is 4. The van der Waals surface area contributed by atoms with E-state index < -0.39 is 0 Å². The van der Waals surface area contributed by atoms with Gasteiger partial charge in [-0.05, 0) is 51.9 Å². The Hall–Kier alpha value is -0.160. The normalized spacial score (nSPS) is 28.9. The number of hydrogen-bond acceptors (Lipinski definition) is 4. The molecule has 122 valence electrons. The summed E-state index contributed by atoms with van der Waals surface area (Å²) in [4.78, 5) is 10.6. The maximum Gasteiger partial charge on any atom is 0.0121 e. The maximum atomic E-state index is 2.77. The zero-order valence-corrected chi connectivity index (χ0v) is 14.1. The van der Waals surface area contributed by atoms with E-state index in [9.17, 15) is 0 Å². The highest BCUT2D eigenvalue weighted by molar-refractivity contribution is 4.86. The largest absolute Gasteiger partial charge is 0.306 e. The quantitative estimate of drug-likeness (QED) is 0.751. The molecule has 3 aliphatic rings. The smallest absolute Gasteiger partial charge is 0.0121 e. The summed E-state index contributed by atoms with van der Waals surface area (Å²) >= 11 is 0. The van der Waals surface area contributed by atoms with Crippen LogP contribution in [0.5, 0.6) is 0 Å². The molecule has 0 spiro atoms. The van der Waals surface area contributed by atoms with Gasteiger partial charge in [0.1, 0.15) is 0 Å². The zero-order valence-electron chi connectivity index (χ0n) is 14.1. The lowest BCUT2D eigenvalue weighted by Gasteiger charge is -2.45. The summed E-state index contributed by atoms with van der Waals surface area (Å²) in [6.07, 6.45) is 4.07. The second-order valence-corrected chi connectivity index (χ2v) is 7.50. The van der Waals surface area contributed by atoms with Crippen LogP contribution in [0.25, 0.3) is 0 Å². The Bertz CT molecular complexity index is 300. The van der Waals surface area contributed by atoms with Gasteiger partial charge in [-0.1, -0.05) is 6.92 Å². The highest BCUT2D eigenvalue weighted by atomic mass is 15.3. The Kier molecular flexibility index (Phi) is 5.54. The molecule has 3 rings (SSSR count). The molecule has 0 aromatic rings. The summed E-state index contributed by atoms with van der Waals surface area (Å²) in [5, 5.41) is 0. The van der Waals surface area contributed by atoms with Crippen molar-refractivity contribution in [1.82, 2.24) is 19.6 Å². The van der Waals surface area contributed by atoms with E-state index in [0.29, 0.717) is 0 Å². The average Bonchev–Trinajstić information content (AvgIpc) is 2.47. The molecule has 0 aromatic carbocycles. The van der Waals surface area contributed by atoms with E-state index in [1.54, 1.807) is 0 Å². The van der Waals surface area contributed by atoms with Crippen LogP contribution in [0.3, 0.4) is 0 Å². The van der Waals surface area contributed by atoms with E-state index >= 15 is 0 Å². The van der Waals surface area contributed by atoms with Crippen LogP contribution < -0.4 is 0 Å². The minimum atomic E-state index is 0.868. The Morgan fingerprint density at radius 2 is 1.52 bits per heavy atom. The van der Waals surface area contributed by atoms with Gasteiger partial charge in [0.15, 0.2) is 0 Å². The van der Waals surface area contributed by atoms with Gasteiger partial charge in [-0.2, -0.15) is 0 Å². The van der Waals surface area contributed by atoms with Crippen LogP contribution in [0.1, 0.15) is 26.2 Å². The molecule has 3 heterocycles. The SMILES string of the molecule is CCCN1CC(CN2CCN(C3CCN(C)CC3)CC2)C1. The van der Waals surface area contributed by atoms with Crippen LogP contribution in [-0.2, 0) is 0 Å². The Balaban J connectivity index is 1.32. The van der Waals surface area contributed by atoms with Gasteiger partial charge in [0.05, 0.1) is 0 Å². The molecule has 0 radical (unpaired) electrons. The van der Waals surface area contributed by atoms with Crippen LogP contribution in [0.4, 0.5) is 0 Å². The van der Waals surface area contributed by atoms with Crippen molar-refractivity contribution in [3.05, 3.63) is 0 Å². The summed E-state index contributed by atoms with van der Waals surface area (Å²) in [5.74, 6) is 0.950. The summed E-state index contributed by atoms with van der Waals surface area (Å²) < 4.78 is 0.